The van der Waals surface area contributed by atoms with Gasteiger partial charge in [-0.2, -0.15) is 0 Å². The van der Waals surface area contributed by atoms with Crippen LogP contribution < -0.4 is 0 Å². The minimum absolute atomic E-state index is 0.0275. The van der Waals surface area contributed by atoms with E-state index >= 15 is 0 Å². The van der Waals surface area contributed by atoms with Crippen molar-refractivity contribution in [2.75, 3.05) is 13.2 Å². The highest BCUT2D eigenvalue weighted by Crippen LogP contribution is 2.45. The van der Waals surface area contributed by atoms with Crippen LogP contribution >= 0.6 is 0 Å². The molecule has 2 aliphatic rings. The number of hydrogen-bond acceptors (Lipinski definition) is 3. The Labute approximate surface area is 115 Å². The zero-order chi connectivity index (χ0) is 13.7. The minimum atomic E-state index is -0.529. The topological polar surface area (TPSA) is 47.3 Å². The number of imidazole rings is 1. The number of ether oxygens (including phenoxy) is 1. The maximum Gasteiger partial charge on any atom is 0.123 e. The summed E-state index contributed by atoms with van der Waals surface area (Å²) < 4.78 is 21.0. The Kier molecular flexibility index (Phi) is 2.65. The quantitative estimate of drug-likeness (QED) is 0.865. The number of fused-ring (bicyclic) bond motifs is 3. The number of aromatic nitrogens is 2. The van der Waals surface area contributed by atoms with Gasteiger partial charge in [0.05, 0.1) is 37.0 Å². The molecule has 5 heteroatoms. The van der Waals surface area contributed by atoms with Gasteiger partial charge in [-0.1, -0.05) is 0 Å². The van der Waals surface area contributed by atoms with Gasteiger partial charge < -0.3 is 14.4 Å². The Morgan fingerprint density at radius 2 is 2.30 bits per heavy atom. The Bertz CT molecular complexity index is 655. The molecule has 2 aromatic rings. The molecule has 4 rings (SSSR count). The standard InChI is InChI=1S/C15H15FN2O2/c16-9-1-2-10-12(5-9)15(18-8-17-6-13(10)18)11-3-4-20-7-14(11)19/h1-2,5-6,8,11,14-15,19H,3-4,7H2. The lowest BCUT2D eigenvalue weighted by atomic mass is 9.85. The Morgan fingerprint density at radius 3 is 3.15 bits per heavy atom. The summed E-state index contributed by atoms with van der Waals surface area (Å²) >= 11 is 0. The number of halogens is 1. The monoisotopic (exact) mass is 274 g/mol. The molecule has 3 atom stereocenters. The van der Waals surface area contributed by atoms with Crippen LogP contribution in [0.5, 0.6) is 0 Å². The number of rotatable bonds is 1. The Balaban J connectivity index is 1.85. The van der Waals surface area contributed by atoms with Crippen molar-refractivity contribution in [1.29, 1.82) is 0 Å². The molecule has 0 radical (unpaired) electrons. The molecule has 1 aromatic carbocycles. The number of benzene rings is 1. The third kappa shape index (κ3) is 1.63. The molecule has 2 aliphatic heterocycles. The highest BCUT2D eigenvalue weighted by atomic mass is 19.1. The number of aliphatic hydroxyl groups is 1. The molecule has 1 N–H and O–H groups in total. The molecule has 3 heterocycles. The first kappa shape index (κ1) is 12.1. The van der Waals surface area contributed by atoms with E-state index in [1.54, 1.807) is 24.7 Å². The van der Waals surface area contributed by atoms with Crippen LogP contribution in [0.3, 0.4) is 0 Å². The molecule has 1 saturated heterocycles. The van der Waals surface area contributed by atoms with E-state index in [-0.39, 0.29) is 17.8 Å². The van der Waals surface area contributed by atoms with E-state index in [1.807, 2.05) is 4.57 Å². The summed E-state index contributed by atoms with van der Waals surface area (Å²) in [6.07, 6.45) is 3.79. The van der Waals surface area contributed by atoms with Crippen molar-refractivity contribution >= 4 is 0 Å². The highest BCUT2D eigenvalue weighted by Gasteiger charge is 2.39. The Morgan fingerprint density at radius 1 is 1.40 bits per heavy atom. The predicted molar refractivity (Wildman–Crippen MR) is 70.7 cm³/mol. The van der Waals surface area contributed by atoms with Crippen molar-refractivity contribution in [3.8, 4) is 11.3 Å². The van der Waals surface area contributed by atoms with E-state index in [0.29, 0.717) is 13.2 Å². The first-order valence-electron chi connectivity index (χ1n) is 6.83. The van der Waals surface area contributed by atoms with Crippen LogP contribution in [-0.4, -0.2) is 34.0 Å². The first-order valence-corrected chi connectivity index (χ1v) is 6.83. The summed E-state index contributed by atoms with van der Waals surface area (Å²) in [6.45, 7) is 0.975. The summed E-state index contributed by atoms with van der Waals surface area (Å²) in [6, 6.07) is 4.79. The SMILES string of the molecule is OC1COCCC1C1c2cc(F)ccc2-c2cncn21. The molecule has 3 unspecified atom stereocenters. The summed E-state index contributed by atoms with van der Waals surface area (Å²) in [4.78, 5) is 4.19. The van der Waals surface area contributed by atoms with E-state index in [4.69, 9.17) is 4.74 Å². The molecule has 0 amide bonds. The van der Waals surface area contributed by atoms with Gasteiger partial charge in [-0.15, -0.1) is 0 Å². The van der Waals surface area contributed by atoms with Crippen molar-refractivity contribution in [3.05, 3.63) is 42.1 Å². The van der Waals surface area contributed by atoms with Gasteiger partial charge in [-0.25, -0.2) is 9.37 Å². The van der Waals surface area contributed by atoms with Crippen molar-refractivity contribution in [1.82, 2.24) is 9.55 Å². The molecular weight excluding hydrogens is 259 g/mol. The molecule has 0 aliphatic carbocycles. The van der Waals surface area contributed by atoms with E-state index in [2.05, 4.69) is 4.98 Å². The third-order valence-corrected chi connectivity index (χ3v) is 4.36. The molecule has 4 nitrogen and oxygen atoms in total. The van der Waals surface area contributed by atoms with E-state index in [9.17, 15) is 9.50 Å². The molecule has 1 aromatic heterocycles. The predicted octanol–water partition coefficient (Wildman–Crippen LogP) is 1.99. The van der Waals surface area contributed by atoms with Crippen LogP contribution in [-0.2, 0) is 4.74 Å². The van der Waals surface area contributed by atoms with Crippen LogP contribution in [0.15, 0.2) is 30.7 Å². The van der Waals surface area contributed by atoms with Gasteiger partial charge in [0.1, 0.15) is 5.82 Å². The zero-order valence-corrected chi connectivity index (χ0v) is 10.9. The van der Waals surface area contributed by atoms with Crippen LogP contribution in [0.1, 0.15) is 18.0 Å². The van der Waals surface area contributed by atoms with Crippen molar-refractivity contribution in [2.24, 2.45) is 5.92 Å². The second kappa shape index (κ2) is 4.40. The van der Waals surface area contributed by atoms with E-state index in [0.717, 1.165) is 23.2 Å². The zero-order valence-electron chi connectivity index (χ0n) is 10.9. The Hall–Kier alpha value is -1.72. The van der Waals surface area contributed by atoms with Crippen molar-refractivity contribution < 1.29 is 14.2 Å². The van der Waals surface area contributed by atoms with Gasteiger partial charge in [0.25, 0.3) is 0 Å². The second-order valence-electron chi connectivity index (χ2n) is 5.46. The van der Waals surface area contributed by atoms with Gasteiger partial charge >= 0.3 is 0 Å². The molecule has 104 valence electrons. The van der Waals surface area contributed by atoms with Crippen LogP contribution in [0.25, 0.3) is 11.3 Å². The fourth-order valence-corrected chi connectivity index (χ4v) is 3.44. The molecule has 0 saturated carbocycles. The van der Waals surface area contributed by atoms with Gasteiger partial charge in [-0.05, 0) is 30.2 Å². The van der Waals surface area contributed by atoms with Gasteiger partial charge in [0.2, 0.25) is 0 Å². The normalized spacial score (nSPS) is 28.2. The van der Waals surface area contributed by atoms with Crippen LogP contribution in [0.2, 0.25) is 0 Å². The van der Waals surface area contributed by atoms with Crippen LogP contribution in [0.4, 0.5) is 4.39 Å². The lowest BCUT2D eigenvalue weighted by Gasteiger charge is -2.33. The lowest BCUT2D eigenvalue weighted by Crippen LogP contribution is -2.37. The number of aliphatic hydroxyl groups excluding tert-OH is 1. The highest BCUT2D eigenvalue weighted by molar-refractivity contribution is 5.69. The third-order valence-electron chi connectivity index (χ3n) is 4.36. The molecule has 0 bridgehead atoms. The fourth-order valence-electron chi connectivity index (χ4n) is 3.44. The number of hydrogen-bond donors (Lipinski definition) is 1. The van der Waals surface area contributed by atoms with Gasteiger partial charge in [0.15, 0.2) is 0 Å². The smallest absolute Gasteiger partial charge is 0.123 e. The molecular formula is C15H15FN2O2. The summed E-state index contributed by atoms with van der Waals surface area (Å²) in [5.74, 6) is -0.214. The van der Waals surface area contributed by atoms with Crippen molar-refractivity contribution in [2.45, 2.75) is 18.6 Å². The van der Waals surface area contributed by atoms with E-state index < -0.39 is 6.10 Å². The van der Waals surface area contributed by atoms with Gasteiger partial charge in [-0.3, -0.25) is 0 Å². The summed E-state index contributed by atoms with van der Waals surface area (Å²) in [5, 5.41) is 10.2. The second-order valence-corrected chi connectivity index (χ2v) is 5.46. The largest absolute Gasteiger partial charge is 0.390 e. The maximum absolute atomic E-state index is 13.6. The van der Waals surface area contributed by atoms with Crippen molar-refractivity contribution in [3.63, 3.8) is 0 Å². The average molecular weight is 274 g/mol. The maximum atomic E-state index is 13.6. The molecule has 0 spiro atoms. The fraction of sp³-hybridized carbons (Fsp3) is 0.400. The molecule has 1 fully saturated rings. The number of nitrogens with zero attached hydrogens (tertiary/aromatic N) is 2. The minimum Gasteiger partial charge on any atom is -0.390 e. The lowest BCUT2D eigenvalue weighted by molar-refractivity contribution is -0.0540. The average Bonchev–Trinajstić information content (AvgIpc) is 3.00. The van der Waals surface area contributed by atoms with E-state index in [1.165, 1.54) is 6.07 Å². The molecule has 20 heavy (non-hydrogen) atoms. The first-order chi connectivity index (χ1) is 9.75. The summed E-state index contributed by atoms with van der Waals surface area (Å²) in [5.41, 5.74) is 2.93. The van der Waals surface area contributed by atoms with Crippen LogP contribution in [0, 0.1) is 11.7 Å². The van der Waals surface area contributed by atoms with Gasteiger partial charge in [0, 0.05) is 18.1 Å². The summed E-state index contributed by atoms with van der Waals surface area (Å²) in [7, 11) is 0.